The van der Waals surface area contributed by atoms with Crippen molar-refractivity contribution in [2.45, 2.75) is 39.2 Å². The molecule has 0 radical (unpaired) electrons. The Morgan fingerprint density at radius 2 is 2.15 bits per heavy atom. The lowest BCUT2D eigenvalue weighted by Gasteiger charge is -2.22. The fourth-order valence-corrected chi connectivity index (χ4v) is 2.16. The van der Waals surface area contributed by atoms with Gasteiger partial charge in [-0.1, -0.05) is 6.07 Å². The Morgan fingerprint density at radius 1 is 1.45 bits per heavy atom. The second-order valence-electron chi connectivity index (χ2n) is 5.67. The molecule has 0 unspecified atom stereocenters. The van der Waals surface area contributed by atoms with Gasteiger partial charge in [0.1, 0.15) is 11.3 Å². The molecule has 2 rings (SSSR count). The van der Waals surface area contributed by atoms with Gasteiger partial charge in [0.2, 0.25) is 0 Å². The molecule has 0 saturated heterocycles. The molecule has 0 aromatic heterocycles. The van der Waals surface area contributed by atoms with Crippen LogP contribution in [0, 0.1) is 31.1 Å². The molecule has 4 nitrogen and oxygen atoms in total. The van der Waals surface area contributed by atoms with Crippen molar-refractivity contribution in [3.05, 3.63) is 29.3 Å². The first kappa shape index (κ1) is 14.4. The highest BCUT2D eigenvalue weighted by Crippen LogP contribution is 2.39. The number of aryl methyl sites for hydroxylation is 2. The van der Waals surface area contributed by atoms with E-state index in [2.05, 4.69) is 11.4 Å². The molecule has 4 heteroatoms. The van der Waals surface area contributed by atoms with Crippen molar-refractivity contribution in [1.29, 1.82) is 5.26 Å². The van der Waals surface area contributed by atoms with Crippen LogP contribution in [0.5, 0.6) is 5.75 Å². The third kappa shape index (κ3) is 3.30. The maximum atomic E-state index is 11.9. The predicted octanol–water partition coefficient (Wildman–Crippen LogP) is 2.49. The molecule has 1 fully saturated rings. The van der Waals surface area contributed by atoms with Crippen molar-refractivity contribution >= 4 is 5.91 Å². The van der Waals surface area contributed by atoms with Crippen LogP contribution in [0.3, 0.4) is 0 Å². The average molecular weight is 272 g/mol. The van der Waals surface area contributed by atoms with Crippen LogP contribution < -0.4 is 10.1 Å². The van der Waals surface area contributed by atoms with E-state index in [-0.39, 0.29) is 18.4 Å². The van der Waals surface area contributed by atoms with E-state index in [1.165, 1.54) is 5.56 Å². The quantitative estimate of drug-likeness (QED) is 0.895. The topological polar surface area (TPSA) is 62.1 Å². The van der Waals surface area contributed by atoms with Gasteiger partial charge in [0.15, 0.2) is 6.61 Å². The second-order valence-corrected chi connectivity index (χ2v) is 5.67. The minimum Gasteiger partial charge on any atom is -0.484 e. The van der Waals surface area contributed by atoms with Crippen LogP contribution in [0.15, 0.2) is 18.2 Å². The van der Waals surface area contributed by atoms with Gasteiger partial charge in [-0.15, -0.1) is 0 Å². The Hall–Kier alpha value is -2.02. The Kier molecular flexibility index (Phi) is 3.99. The Labute approximate surface area is 119 Å². The minimum absolute atomic E-state index is 0.0630. The highest BCUT2D eigenvalue weighted by atomic mass is 16.5. The molecule has 0 bridgehead atoms. The second kappa shape index (κ2) is 5.54. The predicted molar refractivity (Wildman–Crippen MR) is 76.3 cm³/mol. The van der Waals surface area contributed by atoms with E-state index >= 15 is 0 Å². The lowest BCUT2D eigenvalue weighted by molar-refractivity contribution is -0.124. The van der Waals surface area contributed by atoms with Crippen LogP contribution >= 0.6 is 0 Å². The lowest BCUT2D eigenvalue weighted by Crippen LogP contribution is -2.48. The summed E-state index contributed by atoms with van der Waals surface area (Å²) in [7, 11) is 0. The molecule has 1 aliphatic rings. The van der Waals surface area contributed by atoms with Crippen molar-refractivity contribution in [1.82, 2.24) is 5.32 Å². The zero-order chi connectivity index (χ0) is 14.8. The highest BCUT2D eigenvalue weighted by Gasteiger charge is 2.43. The Morgan fingerprint density at radius 3 is 2.70 bits per heavy atom. The van der Waals surface area contributed by atoms with Crippen LogP contribution in [-0.2, 0) is 4.79 Å². The van der Waals surface area contributed by atoms with Gasteiger partial charge in [-0.05, 0) is 62.8 Å². The van der Waals surface area contributed by atoms with Crippen LogP contribution in [0.2, 0.25) is 0 Å². The van der Waals surface area contributed by atoms with E-state index in [4.69, 9.17) is 4.74 Å². The maximum Gasteiger partial charge on any atom is 0.259 e. The molecular formula is C16H20N2O2. The number of carbonyl (C=O) groups excluding carboxylic acids is 1. The van der Waals surface area contributed by atoms with Gasteiger partial charge in [-0.3, -0.25) is 4.79 Å². The molecule has 1 aliphatic carbocycles. The summed E-state index contributed by atoms with van der Waals surface area (Å²) in [6, 6.07) is 7.92. The molecule has 1 N–H and O–H groups in total. The molecule has 1 aromatic carbocycles. The van der Waals surface area contributed by atoms with Gasteiger partial charge in [0.25, 0.3) is 5.91 Å². The summed E-state index contributed by atoms with van der Waals surface area (Å²) in [6.07, 6.45) is 2.00. The number of nitriles is 1. The average Bonchev–Trinajstić information content (AvgIpc) is 3.25. The summed E-state index contributed by atoms with van der Waals surface area (Å²) in [5.41, 5.74) is 1.55. The number of nitrogens with zero attached hydrogens (tertiary/aromatic N) is 1. The minimum atomic E-state index is -0.760. The number of amides is 1. The SMILES string of the molecule is Cc1ccc(OCC(=O)N[C@@](C)(C#N)C2CC2)cc1C. The van der Waals surface area contributed by atoms with Gasteiger partial charge in [-0.25, -0.2) is 0 Å². The van der Waals surface area contributed by atoms with Crippen molar-refractivity contribution in [2.24, 2.45) is 5.92 Å². The number of nitrogens with one attached hydrogen (secondary N) is 1. The van der Waals surface area contributed by atoms with Gasteiger partial charge in [0, 0.05) is 0 Å². The fourth-order valence-electron chi connectivity index (χ4n) is 2.16. The molecule has 1 saturated carbocycles. The molecule has 0 spiro atoms. The third-order valence-electron chi connectivity index (χ3n) is 3.87. The smallest absolute Gasteiger partial charge is 0.259 e. The largest absolute Gasteiger partial charge is 0.484 e. The lowest BCUT2D eigenvalue weighted by atomic mass is 9.98. The van der Waals surface area contributed by atoms with Crippen molar-refractivity contribution in [3.63, 3.8) is 0 Å². The van der Waals surface area contributed by atoms with E-state index in [0.29, 0.717) is 5.75 Å². The zero-order valence-electron chi connectivity index (χ0n) is 12.2. The zero-order valence-corrected chi connectivity index (χ0v) is 12.2. The third-order valence-corrected chi connectivity index (χ3v) is 3.87. The Balaban J connectivity index is 1.89. The maximum absolute atomic E-state index is 11.9. The summed E-state index contributed by atoms with van der Waals surface area (Å²) in [4.78, 5) is 11.9. The first-order valence-electron chi connectivity index (χ1n) is 6.87. The highest BCUT2D eigenvalue weighted by molar-refractivity contribution is 5.79. The van der Waals surface area contributed by atoms with Crippen molar-refractivity contribution in [3.8, 4) is 11.8 Å². The number of hydrogen-bond acceptors (Lipinski definition) is 3. The molecule has 1 atom stereocenters. The number of benzene rings is 1. The molecule has 106 valence electrons. The van der Waals surface area contributed by atoms with Crippen molar-refractivity contribution < 1.29 is 9.53 Å². The van der Waals surface area contributed by atoms with Crippen LogP contribution in [0.25, 0.3) is 0 Å². The van der Waals surface area contributed by atoms with Gasteiger partial charge < -0.3 is 10.1 Å². The van der Waals surface area contributed by atoms with Gasteiger partial charge in [0.05, 0.1) is 6.07 Å². The van der Waals surface area contributed by atoms with Crippen LogP contribution in [0.4, 0.5) is 0 Å². The number of carbonyl (C=O) groups is 1. The summed E-state index contributed by atoms with van der Waals surface area (Å²) in [5.74, 6) is 0.700. The van der Waals surface area contributed by atoms with Gasteiger partial charge in [-0.2, -0.15) is 5.26 Å². The monoisotopic (exact) mass is 272 g/mol. The number of rotatable bonds is 5. The van der Waals surface area contributed by atoms with E-state index in [9.17, 15) is 10.1 Å². The first-order chi connectivity index (χ1) is 9.44. The molecule has 1 amide bonds. The fraction of sp³-hybridized carbons (Fsp3) is 0.500. The number of hydrogen-bond donors (Lipinski definition) is 1. The summed E-state index contributed by atoms with van der Waals surface area (Å²) >= 11 is 0. The van der Waals surface area contributed by atoms with E-state index < -0.39 is 5.54 Å². The van der Waals surface area contributed by atoms with Crippen LogP contribution in [-0.4, -0.2) is 18.1 Å². The standard InChI is InChI=1S/C16H20N2O2/c1-11-4-7-14(8-12(11)2)20-9-15(19)18-16(3,10-17)13-5-6-13/h4,7-8,13H,5-6,9H2,1-3H3,(H,18,19)/t16-/m0/s1. The van der Waals surface area contributed by atoms with E-state index in [1.807, 2.05) is 32.0 Å². The van der Waals surface area contributed by atoms with Crippen LogP contribution in [0.1, 0.15) is 30.9 Å². The summed E-state index contributed by atoms with van der Waals surface area (Å²) < 4.78 is 5.47. The molecule has 20 heavy (non-hydrogen) atoms. The van der Waals surface area contributed by atoms with E-state index in [0.717, 1.165) is 18.4 Å². The Bertz CT molecular complexity index is 558. The van der Waals surface area contributed by atoms with Gasteiger partial charge >= 0.3 is 0 Å². The molecular weight excluding hydrogens is 252 g/mol. The normalized spacial score (nSPS) is 16.9. The first-order valence-corrected chi connectivity index (χ1v) is 6.87. The van der Waals surface area contributed by atoms with Crippen molar-refractivity contribution in [2.75, 3.05) is 6.61 Å². The van der Waals surface area contributed by atoms with E-state index in [1.54, 1.807) is 6.92 Å². The molecule has 0 heterocycles. The molecule has 1 aromatic rings. The number of ether oxygens (including phenoxy) is 1. The summed E-state index contributed by atoms with van der Waals surface area (Å²) in [5, 5.41) is 12.0. The summed E-state index contributed by atoms with van der Waals surface area (Å²) in [6.45, 7) is 5.74. The molecule has 0 aliphatic heterocycles.